The van der Waals surface area contributed by atoms with Gasteiger partial charge < -0.3 is 15.3 Å². The summed E-state index contributed by atoms with van der Waals surface area (Å²) >= 11 is 0. The predicted octanol–water partition coefficient (Wildman–Crippen LogP) is 0.843. The fraction of sp³-hybridized carbons (Fsp3) is 0.538. The van der Waals surface area contributed by atoms with Crippen molar-refractivity contribution in [2.45, 2.75) is 33.4 Å². The molecule has 0 saturated heterocycles. The summed E-state index contributed by atoms with van der Waals surface area (Å²) in [5.74, 6) is 0.728. The molecule has 1 rings (SSSR count). The van der Waals surface area contributed by atoms with E-state index in [0.29, 0.717) is 0 Å². The van der Waals surface area contributed by atoms with Crippen LogP contribution >= 0.6 is 0 Å². The lowest BCUT2D eigenvalue weighted by Crippen LogP contribution is -2.39. The second-order valence-corrected chi connectivity index (χ2v) is 4.72. The third-order valence-electron chi connectivity index (χ3n) is 2.48. The molecule has 0 bridgehead atoms. The Morgan fingerprint density at radius 1 is 1.56 bits per heavy atom. The minimum atomic E-state index is -0.0278. The Balaban J connectivity index is 2.72. The van der Waals surface area contributed by atoms with Crippen LogP contribution in [0.5, 0.6) is 0 Å². The van der Waals surface area contributed by atoms with Crippen LogP contribution in [0.3, 0.4) is 0 Å². The number of anilines is 1. The number of hydrogen-bond donors (Lipinski definition) is 2. The number of rotatable bonds is 5. The number of likely N-dealkylation sites (N-methyl/N-ethyl adjacent to an activating group) is 1. The van der Waals surface area contributed by atoms with E-state index in [1.807, 2.05) is 33.9 Å². The highest BCUT2D eigenvalue weighted by Crippen LogP contribution is 2.16. The predicted molar refractivity (Wildman–Crippen MR) is 71.4 cm³/mol. The van der Waals surface area contributed by atoms with Gasteiger partial charge in [0.2, 0.25) is 5.91 Å². The molecule has 0 atom stereocenters. The first-order chi connectivity index (χ1) is 8.43. The van der Waals surface area contributed by atoms with Crippen LogP contribution in [0.1, 0.15) is 25.0 Å². The smallest absolute Gasteiger partial charge is 0.239 e. The molecule has 1 aromatic heterocycles. The van der Waals surface area contributed by atoms with Gasteiger partial charge in [0.15, 0.2) is 0 Å². The molecule has 5 heteroatoms. The lowest BCUT2D eigenvalue weighted by molar-refractivity contribution is -0.120. The van der Waals surface area contributed by atoms with Gasteiger partial charge in [-0.15, -0.1) is 0 Å². The molecule has 0 unspecified atom stereocenters. The van der Waals surface area contributed by atoms with Gasteiger partial charge in [0.1, 0.15) is 5.82 Å². The van der Waals surface area contributed by atoms with E-state index < -0.39 is 0 Å². The first-order valence-corrected chi connectivity index (χ1v) is 6.01. The first kappa shape index (κ1) is 14.4. The Labute approximate surface area is 108 Å². The number of nitrogens with zero attached hydrogens (tertiary/aromatic N) is 2. The number of hydrogen-bond acceptors (Lipinski definition) is 4. The van der Waals surface area contributed by atoms with Crippen molar-refractivity contribution in [1.29, 1.82) is 0 Å². The molecule has 5 nitrogen and oxygen atoms in total. The summed E-state index contributed by atoms with van der Waals surface area (Å²) in [5, 5.41) is 11.9. The van der Waals surface area contributed by atoms with Gasteiger partial charge in [0.25, 0.3) is 0 Å². The maximum atomic E-state index is 11.7. The quantitative estimate of drug-likeness (QED) is 0.814. The second kappa shape index (κ2) is 6.35. The van der Waals surface area contributed by atoms with Crippen LogP contribution < -0.4 is 10.2 Å². The molecule has 0 aliphatic rings. The number of pyridine rings is 1. The number of aliphatic hydroxyl groups is 1. The van der Waals surface area contributed by atoms with Crippen LogP contribution in [0.15, 0.2) is 12.3 Å². The van der Waals surface area contributed by atoms with E-state index in [1.54, 1.807) is 11.1 Å². The lowest BCUT2D eigenvalue weighted by Gasteiger charge is -2.20. The molecule has 0 fully saturated rings. The second-order valence-electron chi connectivity index (χ2n) is 4.72. The highest BCUT2D eigenvalue weighted by atomic mass is 16.3. The van der Waals surface area contributed by atoms with Gasteiger partial charge in [0, 0.05) is 19.3 Å². The van der Waals surface area contributed by atoms with Crippen molar-refractivity contribution < 1.29 is 9.90 Å². The molecule has 0 aliphatic heterocycles. The molecule has 1 aromatic rings. The molecule has 0 aliphatic carbocycles. The zero-order chi connectivity index (χ0) is 13.7. The third kappa shape index (κ3) is 4.00. The van der Waals surface area contributed by atoms with Crippen LogP contribution in [0.25, 0.3) is 0 Å². The summed E-state index contributed by atoms with van der Waals surface area (Å²) in [6.07, 6.45) is 1.62. The van der Waals surface area contributed by atoms with Gasteiger partial charge in [-0.2, -0.15) is 0 Å². The van der Waals surface area contributed by atoms with Crippen molar-refractivity contribution >= 4 is 11.7 Å². The minimum Gasteiger partial charge on any atom is -0.392 e. The average Bonchev–Trinajstić information content (AvgIpc) is 2.27. The van der Waals surface area contributed by atoms with Crippen molar-refractivity contribution in [3.8, 4) is 0 Å². The van der Waals surface area contributed by atoms with Gasteiger partial charge in [-0.1, -0.05) is 0 Å². The molecule has 2 N–H and O–H groups in total. The summed E-state index contributed by atoms with van der Waals surface area (Å²) in [5.41, 5.74) is 1.72. The largest absolute Gasteiger partial charge is 0.392 e. The zero-order valence-electron chi connectivity index (χ0n) is 11.4. The van der Waals surface area contributed by atoms with E-state index in [1.165, 1.54) is 0 Å². The summed E-state index contributed by atoms with van der Waals surface area (Å²) in [6.45, 7) is 6.02. The van der Waals surface area contributed by atoms with Gasteiger partial charge in [-0.25, -0.2) is 4.98 Å². The van der Waals surface area contributed by atoms with Gasteiger partial charge in [-0.3, -0.25) is 4.79 Å². The Morgan fingerprint density at radius 3 is 2.72 bits per heavy atom. The molecule has 0 spiro atoms. The van der Waals surface area contributed by atoms with E-state index in [0.717, 1.165) is 16.9 Å². The first-order valence-electron chi connectivity index (χ1n) is 6.01. The van der Waals surface area contributed by atoms with Crippen LogP contribution in [0.4, 0.5) is 5.82 Å². The fourth-order valence-electron chi connectivity index (χ4n) is 1.77. The van der Waals surface area contributed by atoms with Crippen molar-refractivity contribution in [2.24, 2.45) is 0 Å². The van der Waals surface area contributed by atoms with Crippen LogP contribution in [0, 0.1) is 6.92 Å². The third-order valence-corrected chi connectivity index (χ3v) is 2.48. The molecule has 0 aromatic carbocycles. The van der Waals surface area contributed by atoms with Crippen molar-refractivity contribution in [2.75, 3.05) is 18.5 Å². The normalized spacial score (nSPS) is 10.6. The number of aryl methyl sites for hydroxylation is 1. The van der Waals surface area contributed by atoms with Crippen LogP contribution in [-0.4, -0.2) is 35.6 Å². The standard InChI is InChI=1S/C13H21N3O2/c1-9(2)15-12(18)7-16(4)13-10(3)5-11(8-17)6-14-13/h5-6,9,17H,7-8H2,1-4H3,(H,15,18). The molecule has 1 amide bonds. The van der Waals surface area contributed by atoms with Crippen LogP contribution in [-0.2, 0) is 11.4 Å². The molecular weight excluding hydrogens is 230 g/mol. The van der Waals surface area contributed by atoms with Gasteiger partial charge in [-0.05, 0) is 38.0 Å². The number of aliphatic hydroxyl groups excluding tert-OH is 1. The Hall–Kier alpha value is -1.62. The summed E-state index contributed by atoms with van der Waals surface area (Å²) in [7, 11) is 1.83. The van der Waals surface area contributed by atoms with Gasteiger partial charge in [0.05, 0.1) is 13.2 Å². The Kier molecular flexibility index (Phi) is 5.09. The zero-order valence-corrected chi connectivity index (χ0v) is 11.4. The highest BCUT2D eigenvalue weighted by molar-refractivity contribution is 5.81. The lowest BCUT2D eigenvalue weighted by atomic mass is 10.2. The highest BCUT2D eigenvalue weighted by Gasteiger charge is 2.11. The minimum absolute atomic E-state index is 0.0222. The van der Waals surface area contributed by atoms with E-state index >= 15 is 0 Å². The molecular formula is C13H21N3O2. The van der Waals surface area contributed by atoms with E-state index in [-0.39, 0.29) is 25.1 Å². The SMILES string of the molecule is Cc1cc(CO)cnc1N(C)CC(=O)NC(C)C. The van der Waals surface area contributed by atoms with E-state index in [4.69, 9.17) is 5.11 Å². The molecule has 100 valence electrons. The number of aromatic nitrogens is 1. The number of carbonyl (C=O) groups is 1. The van der Waals surface area contributed by atoms with Gasteiger partial charge >= 0.3 is 0 Å². The van der Waals surface area contributed by atoms with Crippen molar-refractivity contribution in [1.82, 2.24) is 10.3 Å². The number of amides is 1. The Morgan fingerprint density at radius 2 is 2.22 bits per heavy atom. The summed E-state index contributed by atoms with van der Waals surface area (Å²) in [6, 6.07) is 2.01. The van der Waals surface area contributed by atoms with Crippen molar-refractivity contribution in [3.05, 3.63) is 23.4 Å². The summed E-state index contributed by atoms with van der Waals surface area (Å²) < 4.78 is 0. The molecule has 1 heterocycles. The Bertz CT molecular complexity index is 419. The molecule has 18 heavy (non-hydrogen) atoms. The number of carbonyl (C=O) groups excluding carboxylic acids is 1. The average molecular weight is 251 g/mol. The maximum Gasteiger partial charge on any atom is 0.239 e. The van der Waals surface area contributed by atoms with Crippen LogP contribution in [0.2, 0.25) is 0 Å². The maximum absolute atomic E-state index is 11.7. The summed E-state index contributed by atoms with van der Waals surface area (Å²) in [4.78, 5) is 17.7. The van der Waals surface area contributed by atoms with E-state index in [2.05, 4.69) is 10.3 Å². The number of nitrogens with one attached hydrogen (secondary N) is 1. The fourth-order valence-corrected chi connectivity index (χ4v) is 1.77. The van der Waals surface area contributed by atoms with Crippen molar-refractivity contribution in [3.63, 3.8) is 0 Å². The van der Waals surface area contributed by atoms with E-state index in [9.17, 15) is 4.79 Å². The topological polar surface area (TPSA) is 65.5 Å². The molecule has 0 saturated carbocycles. The monoisotopic (exact) mass is 251 g/mol. The molecule has 0 radical (unpaired) electrons.